The smallest absolute Gasteiger partial charge is 0.225 e. The normalized spacial score (nSPS) is 10.8. The Morgan fingerprint density at radius 3 is 2.59 bits per heavy atom. The summed E-state index contributed by atoms with van der Waals surface area (Å²) in [6, 6.07) is 21.7. The van der Waals surface area contributed by atoms with Gasteiger partial charge in [-0.05, 0) is 66.9 Å². The van der Waals surface area contributed by atoms with Crippen LogP contribution in [0, 0.1) is 6.92 Å². The summed E-state index contributed by atoms with van der Waals surface area (Å²) in [5.41, 5.74) is 5.18. The Balaban J connectivity index is 1.59. The van der Waals surface area contributed by atoms with E-state index in [9.17, 15) is 4.79 Å². The molecule has 0 spiro atoms. The second-order valence-corrected chi connectivity index (χ2v) is 6.97. The molecular formula is C24H23N3O2. The summed E-state index contributed by atoms with van der Waals surface area (Å²) in [6.45, 7) is 1.91. The number of anilines is 1. The number of amides is 1. The Kier molecular flexibility index (Phi) is 5.29. The highest BCUT2D eigenvalue weighted by molar-refractivity contribution is 5.93. The van der Waals surface area contributed by atoms with Crippen LogP contribution < -0.4 is 10.1 Å². The predicted octanol–water partition coefficient (Wildman–Crippen LogP) is 5.12. The number of rotatable bonds is 6. The highest BCUT2D eigenvalue weighted by Gasteiger charge is 2.15. The molecule has 0 aliphatic heterocycles. The second-order valence-electron chi connectivity index (χ2n) is 6.97. The quantitative estimate of drug-likeness (QED) is 0.484. The van der Waals surface area contributed by atoms with Gasteiger partial charge in [-0.1, -0.05) is 24.3 Å². The molecule has 4 aromatic rings. The third kappa shape index (κ3) is 4.14. The SMILES string of the molecule is COc1ccc(-c2[nH]c3ccccc3c2CCC(=O)Nc2cccc(C)n2)cc1. The van der Waals surface area contributed by atoms with Crippen LogP contribution in [-0.2, 0) is 11.2 Å². The molecule has 0 saturated heterocycles. The fourth-order valence-corrected chi connectivity index (χ4v) is 3.52. The first-order valence-electron chi connectivity index (χ1n) is 9.61. The third-order valence-corrected chi connectivity index (χ3v) is 4.95. The van der Waals surface area contributed by atoms with Crippen LogP contribution >= 0.6 is 0 Å². The van der Waals surface area contributed by atoms with Crippen LogP contribution in [0.2, 0.25) is 0 Å². The Hall–Kier alpha value is -3.60. The molecule has 2 aromatic carbocycles. The summed E-state index contributed by atoms with van der Waals surface area (Å²) in [7, 11) is 1.66. The largest absolute Gasteiger partial charge is 0.497 e. The van der Waals surface area contributed by atoms with E-state index in [0.29, 0.717) is 18.7 Å². The lowest BCUT2D eigenvalue weighted by atomic mass is 10.0. The zero-order valence-electron chi connectivity index (χ0n) is 16.5. The van der Waals surface area contributed by atoms with Crippen molar-refractivity contribution in [1.82, 2.24) is 9.97 Å². The van der Waals surface area contributed by atoms with Gasteiger partial charge in [0.15, 0.2) is 0 Å². The molecular weight excluding hydrogens is 362 g/mol. The summed E-state index contributed by atoms with van der Waals surface area (Å²) in [6.07, 6.45) is 1.00. The molecule has 2 aromatic heterocycles. The van der Waals surface area contributed by atoms with E-state index in [1.165, 1.54) is 0 Å². The summed E-state index contributed by atoms with van der Waals surface area (Å²) < 4.78 is 5.27. The minimum Gasteiger partial charge on any atom is -0.497 e. The number of hydrogen-bond acceptors (Lipinski definition) is 3. The molecule has 0 aliphatic rings. The average molecular weight is 385 g/mol. The summed E-state index contributed by atoms with van der Waals surface area (Å²) >= 11 is 0. The summed E-state index contributed by atoms with van der Waals surface area (Å²) in [5, 5.41) is 4.03. The molecule has 0 bridgehead atoms. The van der Waals surface area contributed by atoms with E-state index in [2.05, 4.69) is 27.4 Å². The molecule has 1 amide bonds. The van der Waals surface area contributed by atoms with Gasteiger partial charge in [0, 0.05) is 28.7 Å². The lowest BCUT2D eigenvalue weighted by Gasteiger charge is -2.08. The third-order valence-electron chi connectivity index (χ3n) is 4.95. The molecule has 0 atom stereocenters. The van der Waals surface area contributed by atoms with Gasteiger partial charge in [-0.2, -0.15) is 0 Å². The number of nitrogens with zero attached hydrogens (tertiary/aromatic N) is 1. The van der Waals surface area contributed by atoms with Crippen molar-refractivity contribution >= 4 is 22.6 Å². The molecule has 4 rings (SSSR count). The van der Waals surface area contributed by atoms with E-state index in [4.69, 9.17) is 4.74 Å². The number of hydrogen-bond donors (Lipinski definition) is 2. The highest BCUT2D eigenvalue weighted by Crippen LogP contribution is 2.32. The first kappa shape index (κ1) is 18.7. The fourth-order valence-electron chi connectivity index (χ4n) is 3.52. The Morgan fingerprint density at radius 2 is 1.83 bits per heavy atom. The van der Waals surface area contributed by atoms with Crippen LogP contribution in [0.25, 0.3) is 22.2 Å². The van der Waals surface area contributed by atoms with Gasteiger partial charge in [-0.3, -0.25) is 4.79 Å². The maximum atomic E-state index is 12.5. The van der Waals surface area contributed by atoms with Crippen molar-refractivity contribution in [3.8, 4) is 17.0 Å². The van der Waals surface area contributed by atoms with Crippen molar-refractivity contribution in [3.63, 3.8) is 0 Å². The summed E-state index contributed by atoms with van der Waals surface area (Å²) in [5.74, 6) is 1.36. The van der Waals surface area contributed by atoms with Crippen LogP contribution in [0.1, 0.15) is 17.7 Å². The van der Waals surface area contributed by atoms with Crippen molar-refractivity contribution < 1.29 is 9.53 Å². The van der Waals surface area contributed by atoms with Crippen LogP contribution in [0.5, 0.6) is 5.75 Å². The van der Waals surface area contributed by atoms with Crippen molar-refractivity contribution in [2.45, 2.75) is 19.8 Å². The number of pyridine rings is 1. The number of carbonyl (C=O) groups excluding carboxylic acids is 1. The number of para-hydroxylation sites is 1. The van der Waals surface area contributed by atoms with Gasteiger partial charge in [-0.25, -0.2) is 4.98 Å². The van der Waals surface area contributed by atoms with Crippen LogP contribution in [-0.4, -0.2) is 23.0 Å². The molecule has 0 aliphatic carbocycles. The molecule has 5 heteroatoms. The average Bonchev–Trinajstić information content (AvgIpc) is 3.11. The standard InChI is InChI=1S/C24H23N3O2/c1-16-6-5-9-22(25-16)27-23(28)15-14-20-19-7-3-4-8-21(19)26-24(20)17-10-12-18(29-2)13-11-17/h3-13,26H,14-15H2,1-2H3,(H,25,27,28). The van der Waals surface area contributed by atoms with E-state index in [0.717, 1.165) is 39.2 Å². The minimum absolute atomic E-state index is 0.0472. The fraction of sp³-hybridized carbons (Fsp3) is 0.167. The molecule has 0 unspecified atom stereocenters. The van der Waals surface area contributed by atoms with Gasteiger partial charge < -0.3 is 15.0 Å². The summed E-state index contributed by atoms with van der Waals surface area (Å²) in [4.78, 5) is 20.4. The lowest BCUT2D eigenvalue weighted by Crippen LogP contribution is -2.13. The maximum absolute atomic E-state index is 12.5. The molecule has 0 fully saturated rings. The maximum Gasteiger partial charge on any atom is 0.225 e. The van der Waals surface area contributed by atoms with Gasteiger partial charge in [-0.15, -0.1) is 0 Å². The topological polar surface area (TPSA) is 67.0 Å². The zero-order chi connectivity index (χ0) is 20.2. The number of ether oxygens (including phenoxy) is 1. The monoisotopic (exact) mass is 385 g/mol. The van der Waals surface area contributed by atoms with Crippen LogP contribution in [0.4, 0.5) is 5.82 Å². The first-order chi connectivity index (χ1) is 14.1. The number of methoxy groups -OCH3 is 1. The number of fused-ring (bicyclic) bond motifs is 1. The first-order valence-corrected chi connectivity index (χ1v) is 9.61. The molecule has 5 nitrogen and oxygen atoms in total. The molecule has 146 valence electrons. The highest BCUT2D eigenvalue weighted by atomic mass is 16.5. The van der Waals surface area contributed by atoms with Crippen LogP contribution in [0.15, 0.2) is 66.7 Å². The molecule has 0 radical (unpaired) electrons. The van der Waals surface area contributed by atoms with Gasteiger partial charge in [0.1, 0.15) is 11.6 Å². The Labute approximate surface area is 169 Å². The number of benzene rings is 2. The number of H-pyrrole nitrogens is 1. The van der Waals surface area contributed by atoms with Crippen molar-refractivity contribution in [3.05, 3.63) is 78.0 Å². The van der Waals surface area contributed by atoms with Gasteiger partial charge >= 0.3 is 0 Å². The van der Waals surface area contributed by atoms with Crippen molar-refractivity contribution in [2.75, 3.05) is 12.4 Å². The number of aromatic nitrogens is 2. The van der Waals surface area contributed by atoms with Gasteiger partial charge in [0.25, 0.3) is 0 Å². The van der Waals surface area contributed by atoms with Crippen molar-refractivity contribution in [2.24, 2.45) is 0 Å². The Bertz CT molecular complexity index is 1150. The lowest BCUT2D eigenvalue weighted by molar-refractivity contribution is -0.116. The molecule has 2 heterocycles. The number of nitrogens with one attached hydrogen (secondary N) is 2. The van der Waals surface area contributed by atoms with Crippen LogP contribution in [0.3, 0.4) is 0 Å². The number of aryl methyl sites for hydroxylation is 2. The van der Waals surface area contributed by atoms with Gasteiger partial charge in [0.2, 0.25) is 5.91 Å². The van der Waals surface area contributed by atoms with E-state index in [1.807, 2.05) is 55.5 Å². The molecule has 0 saturated carbocycles. The predicted molar refractivity (Wildman–Crippen MR) is 116 cm³/mol. The van der Waals surface area contributed by atoms with Gasteiger partial charge in [0.05, 0.1) is 7.11 Å². The number of aromatic amines is 1. The van der Waals surface area contributed by atoms with E-state index < -0.39 is 0 Å². The zero-order valence-corrected chi connectivity index (χ0v) is 16.5. The molecule has 29 heavy (non-hydrogen) atoms. The Morgan fingerprint density at radius 1 is 1.03 bits per heavy atom. The number of carbonyl (C=O) groups is 1. The second kappa shape index (κ2) is 8.19. The van der Waals surface area contributed by atoms with E-state index >= 15 is 0 Å². The minimum atomic E-state index is -0.0472. The van der Waals surface area contributed by atoms with E-state index in [1.54, 1.807) is 13.2 Å². The molecule has 2 N–H and O–H groups in total. The van der Waals surface area contributed by atoms with E-state index in [-0.39, 0.29) is 5.91 Å². The van der Waals surface area contributed by atoms with Crippen molar-refractivity contribution in [1.29, 1.82) is 0 Å².